The highest BCUT2D eigenvalue weighted by Crippen LogP contribution is 2.10. The van der Waals surface area contributed by atoms with Crippen LogP contribution >= 0.6 is 0 Å². The van der Waals surface area contributed by atoms with Crippen molar-refractivity contribution in [2.24, 2.45) is 0 Å². The highest BCUT2D eigenvalue weighted by Gasteiger charge is 1.95. The van der Waals surface area contributed by atoms with Gasteiger partial charge < -0.3 is 9.47 Å². The van der Waals surface area contributed by atoms with Crippen LogP contribution in [-0.2, 0) is 9.47 Å². The maximum Gasteiger partial charge on any atom is 0.0466 e. The first-order chi connectivity index (χ1) is 14.4. The molecule has 0 radical (unpaired) electrons. The summed E-state index contributed by atoms with van der Waals surface area (Å²) in [7, 11) is 0. The zero-order valence-corrected chi connectivity index (χ0v) is 20.5. The molecule has 0 bridgehead atoms. The van der Waals surface area contributed by atoms with Gasteiger partial charge in [-0.05, 0) is 32.1 Å². The highest BCUT2D eigenvalue weighted by atomic mass is 16.5. The molecule has 0 saturated heterocycles. The van der Waals surface area contributed by atoms with Gasteiger partial charge >= 0.3 is 0 Å². The van der Waals surface area contributed by atoms with Gasteiger partial charge in [0.15, 0.2) is 0 Å². The molecule has 0 unspecified atom stereocenters. The van der Waals surface area contributed by atoms with Crippen LogP contribution in [0.15, 0.2) is 0 Å². The minimum atomic E-state index is 0.940. The molecule has 0 fully saturated rings. The first kappa shape index (κ1) is 28.9. The van der Waals surface area contributed by atoms with Gasteiger partial charge in [0.1, 0.15) is 0 Å². The molecule has 0 heterocycles. The largest absolute Gasteiger partial charge is 0.381 e. The number of hydrogen-bond acceptors (Lipinski definition) is 2. The lowest BCUT2D eigenvalue weighted by molar-refractivity contribution is 0.111. The lowest BCUT2D eigenvalue weighted by atomic mass is 10.1. The molecular weight excluding hydrogens is 356 g/mol. The minimum absolute atomic E-state index is 0.940. The van der Waals surface area contributed by atoms with Crippen LogP contribution in [0.5, 0.6) is 0 Å². The molecular formula is C27H56O2. The topological polar surface area (TPSA) is 18.5 Å². The van der Waals surface area contributed by atoms with E-state index in [1.807, 2.05) is 0 Å². The van der Waals surface area contributed by atoms with E-state index in [0.29, 0.717) is 0 Å². The smallest absolute Gasteiger partial charge is 0.0466 e. The predicted molar refractivity (Wildman–Crippen MR) is 130 cm³/mol. The van der Waals surface area contributed by atoms with Crippen LogP contribution in [0, 0.1) is 0 Å². The Labute approximate surface area is 184 Å². The minimum Gasteiger partial charge on any atom is -0.381 e. The Morgan fingerprint density at radius 3 is 0.759 bits per heavy atom. The number of rotatable bonds is 26. The molecule has 0 spiro atoms. The van der Waals surface area contributed by atoms with Crippen molar-refractivity contribution >= 4 is 0 Å². The molecule has 0 N–H and O–H groups in total. The Morgan fingerprint density at radius 2 is 0.483 bits per heavy atom. The molecule has 29 heavy (non-hydrogen) atoms. The van der Waals surface area contributed by atoms with E-state index in [1.54, 1.807) is 0 Å². The first-order valence-electron chi connectivity index (χ1n) is 13.6. The van der Waals surface area contributed by atoms with Gasteiger partial charge in [-0.15, -0.1) is 0 Å². The molecule has 0 aliphatic carbocycles. The Balaban J connectivity index is 2.97. The van der Waals surface area contributed by atoms with E-state index < -0.39 is 0 Å². The van der Waals surface area contributed by atoms with E-state index in [2.05, 4.69) is 13.8 Å². The van der Waals surface area contributed by atoms with Gasteiger partial charge in [-0.2, -0.15) is 0 Å². The third kappa shape index (κ3) is 27.9. The van der Waals surface area contributed by atoms with Gasteiger partial charge in [-0.3, -0.25) is 0 Å². The van der Waals surface area contributed by atoms with Crippen molar-refractivity contribution in [3.63, 3.8) is 0 Å². The molecule has 0 aliphatic heterocycles. The van der Waals surface area contributed by atoms with Crippen LogP contribution in [0.25, 0.3) is 0 Å². The van der Waals surface area contributed by atoms with Gasteiger partial charge in [0.25, 0.3) is 0 Å². The molecule has 0 saturated carbocycles. The number of hydrogen-bond donors (Lipinski definition) is 0. The van der Waals surface area contributed by atoms with E-state index in [0.717, 1.165) is 26.4 Å². The summed E-state index contributed by atoms with van der Waals surface area (Å²) >= 11 is 0. The van der Waals surface area contributed by atoms with Crippen molar-refractivity contribution in [1.29, 1.82) is 0 Å². The summed E-state index contributed by atoms with van der Waals surface area (Å²) in [5.41, 5.74) is 0. The summed E-state index contributed by atoms with van der Waals surface area (Å²) in [4.78, 5) is 0. The zero-order chi connectivity index (χ0) is 21.1. The van der Waals surface area contributed by atoms with Crippen molar-refractivity contribution in [2.45, 2.75) is 149 Å². The second-order valence-electron chi connectivity index (χ2n) is 8.94. The normalized spacial score (nSPS) is 11.4. The molecule has 2 heteroatoms. The Morgan fingerprint density at radius 1 is 0.276 bits per heavy atom. The molecule has 0 amide bonds. The zero-order valence-electron chi connectivity index (χ0n) is 20.5. The fourth-order valence-corrected chi connectivity index (χ4v) is 3.82. The van der Waals surface area contributed by atoms with Crippen LogP contribution in [-0.4, -0.2) is 26.4 Å². The van der Waals surface area contributed by atoms with Crippen LogP contribution in [0.3, 0.4) is 0 Å². The molecule has 0 aliphatic rings. The molecule has 2 nitrogen and oxygen atoms in total. The van der Waals surface area contributed by atoms with E-state index in [1.165, 1.54) is 135 Å². The Hall–Kier alpha value is -0.0800. The van der Waals surface area contributed by atoms with Crippen LogP contribution in [0.4, 0.5) is 0 Å². The van der Waals surface area contributed by atoms with Crippen molar-refractivity contribution in [3.8, 4) is 0 Å². The van der Waals surface area contributed by atoms with Crippen molar-refractivity contribution in [2.75, 3.05) is 26.4 Å². The summed E-state index contributed by atoms with van der Waals surface area (Å²) in [6.07, 6.45) is 28.6. The van der Waals surface area contributed by atoms with Crippen LogP contribution in [0.2, 0.25) is 0 Å². The summed E-state index contributed by atoms with van der Waals surface area (Å²) in [5, 5.41) is 0. The molecule has 0 rings (SSSR count). The molecule has 0 aromatic rings. The van der Waals surface area contributed by atoms with Crippen molar-refractivity contribution < 1.29 is 9.47 Å². The SMILES string of the molecule is CCCCCCCCCCCOCCCCCOCCCCCCCCCCC. The quantitative estimate of drug-likeness (QED) is 0.132. The van der Waals surface area contributed by atoms with Gasteiger partial charge in [0.05, 0.1) is 0 Å². The average Bonchev–Trinajstić information content (AvgIpc) is 2.74. The van der Waals surface area contributed by atoms with Gasteiger partial charge in [-0.1, -0.05) is 117 Å². The maximum atomic E-state index is 5.77. The molecule has 0 aromatic heterocycles. The predicted octanol–water partition coefficient (Wildman–Crippen LogP) is 9.25. The van der Waals surface area contributed by atoms with E-state index >= 15 is 0 Å². The second-order valence-corrected chi connectivity index (χ2v) is 8.94. The Kier molecular flexibility index (Phi) is 27.8. The average molecular weight is 413 g/mol. The summed E-state index contributed by atoms with van der Waals surface area (Å²) in [6, 6.07) is 0. The summed E-state index contributed by atoms with van der Waals surface area (Å²) < 4.78 is 11.5. The van der Waals surface area contributed by atoms with Gasteiger partial charge in [-0.25, -0.2) is 0 Å². The lowest BCUT2D eigenvalue weighted by Crippen LogP contribution is -2.00. The fraction of sp³-hybridized carbons (Fsp3) is 1.00. The monoisotopic (exact) mass is 412 g/mol. The van der Waals surface area contributed by atoms with Gasteiger partial charge in [0.2, 0.25) is 0 Å². The van der Waals surface area contributed by atoms with Crippen LogP contribution < -0.4 is 0 Å². The fourth-order valence-electron chi connectivity index (χ4n) is 3.82. The summed E-state index contributed by atoms with van der Waals surface area (Å²) in [6.45, 7) is 8.38. The van der Waals surface area contributed by atoms with E-state index in [4.69, 9.17) is 9.47 Å². The molecule has 176 valence electrons. The third-order valence-electron chi connectivity index (χ3n) is 5.86. The van der Waals surface area contributed by atoms with Crippen LogP contribution in [0.1, 0.15) is 149 Å². The standard InChI is InChI=1S/C27H56O2/c1-3-5-7-9-11-13-15-17-20-24-28-26-22-19-23-27-29-25-21-18-16-14-12-10-8-6-4-2/h3-27H2,1-2H3. The third-order valence-corrected chi connectivity index (χ3v) is 5.86. The highest BCUT2D eigenvalue weighted by molar-refractivity contribution is 4.48. The summed E-state index contributed by atoms with van der Waals surface area (Å²) in [5.74, 6) is 0. The molecule has 0 atom stereocenters. The lowest BCUT2D eigenvalue weighted by Gasteiger charge is -2.06. The molecule has 0 aromatic carbocycles. The van der Waals surface area contributed by atoms with Crippen molar-refractivity contribution in [1.82, 2.24) is 0 Å². The van der Waals surface area contributed by atoms with E-state index in [9.17, 15) is 0 Å². The second kappa shape index (κ2) is 27.9. The Bertz CT molecular complexity index is 241. The van der Waals surface area contributed by atoms with Gasteiger partial charge in [0, 0.05) is 26.4 Å². The number of unbranched alkanes of at least 4 members (excludes halogenated alkanes) is 18. The first-order valence-corrected chi connectivity index (χ1v) is 13.6. The van der Waals surface area contributed by atoms with Crippen molar-refractivity contribution in [3.05, 3.63) is 0 Å². The van der Waals surface area contributed by atoms with E-state index in [-0.39, 0.29) is 0 Å². The maximum absolute atomic E-state index is 5.77. The number of ether oxygens (including phenoxy) is 2.